The molecule has 18 heavy (non-hydrogen) atoms. The molecule has 0 aliphatic carbocycles. The Morgan fingerprint density at radius 2 is 1.94 bits per heavy atom. The molecule has 1 unspecified atom stereocenters. The molecule has 0 heterocycles. The van der Waals surface area contributed by atoms with Crippen molar-refractivity contribution < 1.29 is 19.4 Å². The molecule has 0 saturated carbocycles. The van der Waals surface area contributed by atoms with Crippen molar-refractivity contribution in [1.82, 2.24) is 0 Å². The van der Waals surface area contributed by atoms with Crippen LogP contribution in [0.5, 0.6) is 11.5 Å². The first-order chi connectivity index (χ1) is 8.49. The van der Waals surface area contributed by atoms with Gasteiger partial charge in [0.2, 0.25) is 0 Å². The third-order valence-electron chi connectivity index (χ3n) is 2.82. The van der Waals surface area contributed by atoms with Crippen LogP contribution in [-0.2, 0) is 4.79 Å². The summed E-state index contributed by atoms with van der Waals surface area (Å²) in [6.45, 7) is 4.01. The number of methoxy groups -OCH3 is 2. The molecule has 0 radical (unpaired) electrons. The van der Waals surface area contributed by atoms with E-state index in [9.17, 15) is 9.90 Å². The highest BCUT2D eigenvalue weighted by Crippen LogP contribution is 2.34. The number of rotatable bonds is 6. The van der Waals surface area contributed by atoms with Crippen molar-refractivity contribution in [3.63, 3.8) is 0 Å². The van der Waals surface area contributed by atoms with Gasteiger partial charge in [0, 0.05) is 11.6 Å². The second-order valence-corrected chi connectivity index (χ2v) is 4.63. The van der Waals surface area contributed by atoms with Crippen molar-refractivity contribution in [1.29, 1.82) is 0 Å². The van der Waals surface area contributed by atoms with Crippen LogP contribution in [0.1, 0.15) is 31.7 Å². The summed E-state index contributed by atoms with van der Waals surface area (Å²) in [5.41, 5.74) is 0.694. The van der Waals surface area contributed by atoms with Crippen LogP contribution in [0.25, 0.3) is 0 Å². The maximum Gasteiger partial charge on any atom is 0.311 e. The van der Waals surface area contributed by atoms with Crippen molar-refractivity contribution >= 4 is 5.97 Å². The first-order valence-electron chi connectivity index (χ1n) is 5.94. The van der Waals surface area contributed by atoms with Gasteiger partial charge in [-0.15, -0.1) is 0 Å². The van der Waals surface area contributed by atoms with E-state index in [2.05, 4.69) is 0 Å². The van der Waals surface area contributed by atoms with E-state index in [1.54, 1.807) is 25.3 Å². The molecule has 4 heteroatoms. The predicted octanol–water partition coefficient (Wildman–Crippen LogP) is 2.92. The number of carboxylic acid groups (broad SMARTS) is 1. The van der Waals surface area contributed by atoms with Crippen LogP contribution in [0.4, 0.5) is 0 Å². The van der Waals surface area contributed by atoms with Gasteiger partial charge in [-0.25, -0.2) is 0 Å². The topological polar surface area (TPSA) is 55.8 Å². The van der Waals surface area contributed by atoms with Crippen molar-refractivity contribution in [2.45, 2.75) is 26.2 Å². The lowest BCUT2D eigenvalue weighted by Crippen LogP contribution is -2.15. The molecule has 1 rings (SSSR count). The molecule has 1 aromatic rings. The molecule has 0 aliphatic rings. The summed E-state index contributed by atoms with van der Waals surface area (Å²) in [6.07, 6.45) is 0.581. The normalized spacial score (nSPS) is 12.3. The highest BCUT2D eigenvalue weighted by Gasteiger charge is 2.24. The van der Waals surface area contributed by atoms with E-state index in [1.807, 2.05) is 13.8 Å². The van der Waals surface area contributed by atoms with E-state index in [0.29, 0.717) is 29.4 Å². The van der Waals surface area contributed by atoms with Gasteiger partial charge in [-0.3, -0.25) is 4.79 Å². The Kier molecular flexibility index (Phi) is 5.01. The van der Waals surface area contributed by atoms with Crippen molar-refractivity contribution in [3.05, 3.63) is 23.8 Å². The number of ether oxygens (including phenoxy) is 2. The number of carboxylic acids is 1. The maximum absolute atomic E-state index is 11.4. The molecule has 0 aromatic heterocycles. The molecular weight excluding hydrogens is 232 g/mol. The summed E-state index contributed by atoms with van der Waals surface area (Å²) >= 11 is 0. The zero-order chi connectivity index (χ0) is 13.7. The van der Waals surface area contributed by atoms with Gasteiger partial charge in [0.15, 0.2) is 0 Å². The standard InChI is InChI=1S/C14H20O4/c1-9(2)7-12(14(15)16)11-6-5-10(17-3)8-13(11)18-4/h5-6,8-9,12H,7H2,1-4H3,(H,15,16). The summed E-state index contributed by atoms with van der Waals surface area (Å²) < 4.78 is 10.4. The van der Waals surface area contributed by atoms with Crippen LogP contribution in [0.3, 0.4) is 0 Å². The van der Waals surface area contributed by atoms with E-state index in [-0.39, 0.29) is 0 Å². The highest BCUT2D eigenvalue weighted by atomic mass is 16.5. The van der Waals surface area contributed by atoms with Crippen LogP contribution < -0.4 is 9.47 Å². The largest absolute Gasteiger partial charge is 0.497 e. The molecule has 0 amide bonds. The Hall–Kier alpha value is -1.71. The molecule has 4 nitrogen and oxygen atoms in total. The van der Waals surface area contributed by atoms with Crippen molar-refractivity contribution in [2.24, 2.45) is 5.92 Å². The zero-order valence-electron chi connectivity index (χ0n) is 11.3. The number of hydrogen-bond donors (Lipinski definition) is 1. The van der Waals surface area contributed by atoms with E-state index >= 15 is 0 Å². The maximum atomic E-state index is 11.4. The Morgan fingerprint density at radius 3 is 2.39 bits per heavy atom. The summed E-state index contributed by atoms with van der Waals surface area (Å²) in [5.74, 6) is 0.141. The Balaban J connectivity index is 3.14. The van der Waals surface area contributed by atoms with Crippen LogP contribution in [0.15, 0.2) is 18.2 Å². The van der Waals surface area contributed by atoms with Gasteiger partial charge in [-0.05, 0) is 18.4 Å². The fraction of sp³-hybridized carbons (Fsp3) is 0.500. The fourth-order valence-corrected chi connectivity index (χ4v) is 1.94. The van der Waals surface area contributed by atoms with Crippen LogP contribution >= 0.6 is 0 Å². The average molecular weight is 252 g/mol. The van der Waals surface area contributed by atoms with Crippen molar-refractivity contribution in [3.8, 4) is 11.5 Å². The van der Waals surface area contributed by atoms with Crippen LogP contribution in [0, 0.1) is 5.92 Å². The van der Waals surface area contributed by atoms with E-state index < -0.39 is 11.9 Å². The molecule has 1 aromatic carbocycles. The zero-order valence-corrected chi connectivity index (χ0v) is 11.3. The number of hydrogen-bond acceptors (Lipinski definition) is 3. The molecule has 1 N–H and O–H groups in total. The molecule has 100 valence electrons. The smallest absolute Gasteiger partial charge is 0.311 e. The summed E-state index contributed by atoms with van der Waals surface area (Å²) in [6, 6.07) is 5.23. The molecular formula is C14H20O4. The van der Waals surface area contributed by atoms with Crippen molar-refractivity contribution in [2.75, 3.05) is 14.2 Å². The van der Waals surface area contributed by atoms with E-state index in [0.717, 1.165) is 0 Å². The van der Waals surface area contributed by atoms with Gasteiger partial charge in [0.25, 0.3) is 0 Å². The fourth-order valence-electron chi connectivity index (χ4n) is 1.94. The first-order valence-corrected chi connectivity index (χ1v) is 5.94. The Bertz CT molecular complexity index is 412. The van der Waals surface area contributed by atoms with Gasteiger partial charge in [-0.2, -0.15) is 0 Å². The second kappa shape index (κ2) is 6.28. The van der Waals surface area contributed by atoms with E-state index in [4.69, 9.17) is 9.47 Å². The van der Waals surface area contributed by atoms with Gasteiger partial charge >= 0.3 is 5.97 Å². The lowest BCUT2D eigenvalue weighted by molar-refractivity contribution is -0.139. The lowest BCUT2D eigenvalue weighted by Gasteiger charge is -2.18. The average Bonchev–Trinajstić information content (AvgIpc) is 2.34. The van der Waals surface area contributed by atoms with Crippen LogP contribution in [0.2, 0.25) is 0 Å². The SMILES string of the molecule is COc1ccc(C(CC(C)C)C(=O)O)c(OC)c1. The molecule has 0 fully saturated rings. The molecule has 1 atom stereocenters. The van der Waals surface area contributed by atoms with Gasteiger partial charge in [-0.1, -0.05) is 19.9 Å². The summed E-state index contributed by atoms with van der Waals surface area (Å²) in [5, 5.41) is 9.34. The minimum Gasteiger partial charge on any atom is -0.497 e. The minimum absolute atomic E-state index is 0.304. The first kappa shape index (κ1) is 14.4. The van der Waals surface area contributed by atoms with Gasteiger partial charge < -0.3 is 14.6 Å². The van der Waals surface area contributed by atoms with E-state index in [1.165, 1.54) is 7.11 Å². The molecule has 0 aliphatic heterocycles. The lowest BCUT2D eigenvalue weighted by atomic mass is 9.89. The quantitative estimate of drug-likeness (QED) is 0.845. The Labute approximate surface area is 108 Å². The highest BCUT2D eigenvalue weighted by molar-refractivity contribution is 5.77. The second-order valence-electron chi connectivity index (χ2n) is 4.63. The Morgan fingerprint density at radius 1 is 1.28 bits per heavy atom. The summed E-state index contributed by atoms with van der Waals surface area (Å²) in [7, 11) is 3.10. The molecule has 0 bridgehead atoms. The monoisotopic (exact) mass is 252 g/mol. The minimum atomic E-state index is -0.827. The molecule has 0 saturated heterocycles. The summed E-state index contributed by atoms with van der Waals surface area (Å²) in [4.78, 5) is 11.4. The number of aliphatic carboxylic acids is 1. The molecule has 0 spiro atoms. The van der Waals surface area contributed by atoms with Gasteiger partial charge in [0.1, 0.15) is 11.5 Å². The van der Waals surface area contributed by atoms with Crippen LogP contribution in [-0.4, -0.2) is 25.3 Å². The third kappa shape index (κ3) is 3.39. The third-order valence-corrected chi connectivity index (χ3v) is 2.82. The van der Waals surface area contributed by atoms with Gasteiger partial charge in [0.05, 0.1) is 20.1 Å². The predicted molar refractivity (Wildman–Crippen MR) is 69.4 cm³/mol. The number of benzene rings is 1. The number of carbonyl (C=O) groups is 1.